The van der Waals surface area contributed by atoms with Crippen LogP contribution in [0.4, 0.5) is 5.69 Å². The Hall–Kier alpha value is -2.92. The van der Waals surface area contributed by atoms with Gasteiger partial charge in [-0.25, -0.2) is 4.98 Å². The summed E-state index contributed by atoms with van der Waals surface area (Å²) in [6.07, 6.45) is 2.43. The SMILES string of the molecule is Cc1ncc(CNC[C@@H]2CC(=O)Nc3ccccc32)n1-c1ccccc1. The molecule has 1 aliphatic rings. The molecule has 5 nitrogen and oxygen atoms in total. The van der Waals surface area contributed by atoms with Gasteiger partial charge in [0.1, 0.15) is 5.82 Å². The fourth-order valence-corrected chi connectivity index (χ4v) is 3.60. The molecule has 0 radical (unpaired) electrons. The van der Waals surface area contributed by atoms with Crippen LogP contribution in [0.15, 0.2) is 60.8 Å². The number of nitrogens with one attached hydrogen (secondary N) is 2. The van der Waals surface area contributed by atoms with E-state index in [9.17, 15) is 4.79 Å². The Morgan fingerprint density at radius 3 is 2.77 bits per heavy atom. The molecule has 0 unspecified atom stereocenters. The van der Waals surface area contributed by atoms with E-state index in [1.165, 1.54) is 5.56 Å². The van der Waals surface area contributed by atoms with Crippen LogP contribution in [0.3, 0.4) is 0 Å². The van der Waals surface area contributed by atoms with Crippen molar-refractivity contribution >= 4 is 11.6 Å². The largest absolute Gasteiger partial charge is 0.326 e. The maximum absolute atomic E-state index is 12.0. The van der Waals surface area contributed by atoms with Crippen LogP contribution in [0.1, 0.15) is 29.4 Å². The number of anilines is 1. The first kappa shape index (κ1) is 16.5. The van der Waals surface area contributed by atoms with Gasteiger partial charge in [-0.2, -0.15) is 0 Å². The van der Waals surface area contributed by atoms with Crippen molar-refractivity contribution < 1.29 is 4.79 Å². The maximum Gasteiger partial charge on any atom is 0.225 e. The summed E-state index contributed by atoms with van der Waals surface area (Å²) in [4.78, 5) is 16.4. The van der Waals surface area contributed by atoms with E-state index in [1.807, 2.05) is 49.5 Å². The molecule has 5 heteroatoms. The number of aryl methyl sites for hydroxylation is 1. The van der Waals surface area contributed by atoms with Crippen molar-refractivity contribution in [1.82, 2.24) is 14.9 Å². The summed E-state index contributed by atoms with van der Waals surface area (Å²) in [5.41, 5.74) is 4.36. The number of carbonyl (C=O) groups is 1. The highest BCUT2D eigenvalue weighted by molar-refractivity contribution is 5.94. The second-order valence-corrected chi connectivity index (χ2v) is 6.64. The number of hydrogen-bond donors (Lipinski definition) is 2. The number of rotatable bonds is 5. The lowest BCUT2D eigenvalue weighted by Gasteiger charge is -2.25. The molecule has 0 spiro atoms. The van der Waals surface area contributed by atoms with Crippen LogP contribution < -0.4 is 10.6 Å². The maximum atomic E-state index is 12.0. The van der Waals surface area contributed by atoms with Crippen LogP contribution >= 0.6 is 0 Å². The van der Waals surface area contributed by atoms with Crippen molar-refractivity contribution in [1.29, 1.82) is 0 Å². The molecule has 2 aromatic carbocycles. The third kappa shape index (κ3) is 3.26. The van der Waals surface area contributed by atoms with E-state index in [1.54, 1.807) is 0 Å². The highest BCUT2D eigenvalue weighted by atomic mass is 16.1. The lowest BCUT2D eigenvalue weighted by Crippen LogP contribution is -2.30. The highest BCUT2D eigenvalue weighted by Crippen LogP contribution is 2.31. The van der Waals surface area contributed by atoms with Crippen LogP contribution in [0.5, 0.6) is 0 Å². The summed E-state index contributed by atoms with van der Waals surface area (Å²) in [7, 11) is 0. The van der Waals surface area contributed by atoms with E-state index in [2.05, 4.69) is 38.4 Å². The molecule has 1 aliphatic heterocycles. The van der Waals surface area contributed by atoms with E-state index in [4.69, 9.17) is 0 Å². The van der Waals surface area contributed by atoms with Crippen molar-refractivity contribution in [3.05, 3.63) is 77.9 Å². The molecule has 26 heavy (non-hydrogen) atoms. The van der Waals surface area contributed by atoms with Crippen molar-refractivity contribution in [2.75, 3.05) is 11.9 Å². The average Bonchev–Trinajstić information content (AvgIpc) is 3.03. The van der Waals surface area contributed by atoms with Gasteiger partial charge in [0.2, 0.25) is 5.91 Å². The van der Waals surface area contributed by atoms with Gasteiger partial charge < -0.3 is 10.6 Å². The van der Waals surface area contributed by atoms with Crippen molar-refractivity contribution in [2.24, 2.45) is 0 Å². The molecule has 1 atom stereocenters. The van der Waals surface area contributed by atoms with Crippen molar-refractivity contribution in [3.8, 4) is 5.69 Å². The molecular weight excluding hydrogens is 324 g/mol. The van der Waals surface area contributed by atoms with Crippen LogP contribution in [0, 0.1) is 6.92 Å². The first-order chi connectivity index (χ1) is 12.7. The minimum atomic E-state index is 0.0840. The molecule has 132 valence electrons. The van der Waals surface area contributed by atoms with Gasteiger partial charge >= 0.3 is 0 Å². The molecule has 0 aliphatic carbocycles. The van der Waals surface area contributed by atoms with E-state index < -0.39 is 0 Å². The molecule has 0 bridgehead atoms. The fraction of sp³-hybridized carbons (Fsp3) is 0.238. The molecule has 1 aromatic heterocycles. The summed E-state index contributed by atoms with van der Waals surface area (Å²) < 4.78 is 2.16. The van der Waals surface area contributed by atoms with Gasteiger partial charge in [-0.1, -0.05) is 36.4 Å². The Morgan fingerprint density at radius 1 is 1.15 bits per heavy atom. The van der Waals surface area contributed by atoms with Gasteiger partial charge in [-0.05, 0) is 30.7 Å². The second kappa shape index (κ2) is 7.14. The number of hydrogen-bond acceptors (Lipinski definition) is 3. The van der Waals surface area contributed by atoms with Crippen molar-refractivity contribution in [3.63, 3.8) is 0 Å². The first-order valence-corrected chi connectivity index (χ1v) is 8.90. The zero-order chi connectivity index (χ0) is 17.9. The zero-order valence-corrected chi connectivity index (χ0v) is 14.8. The van der Waals surface area contributed by atoms with Crippen LogP contribution in [-0.2, 0) is 11.3 Å². The number of fused-ring (bicyclic) bond motifs is 1. The van der Waals surface area contributed by atoms with E-state index >= 15 is 0 Å². The molecule has 4 rings (SSSR count). The number of aromatic nitrogens is 2. The molecular formula is C21H22N4O. The number of benzene rings is 2. The number of amides is 1. The minimum Gasteiger partial charge on any atom is -0.326 e. The lowest BCUT2D eigenvalue weighted by atomic mass is 9.90. The van der Waals surface area contributed by atoms with Crippen LogP contribution in [0.25, 0.3) is 5.69 Å². The topological polar surface area (TPSA) is 59.0 Å². The Morgan fingerprint density at radius 2 is 1.92 bits per heavy atom. The van der Waals surface area contributed by atoms with E-state index in [0.29, 0.717) is 13.0 Å². The smallest absolute Gasteiger partial charge is 0.225 e. The Kier molecular flexibility index (Phi) is 4.54. The average molecular weight is 346 g/mol. The Balaban J connectivity index is 1.48. The number of carbonyl (C=O) groups excluding carboxylic acids is 1. The molecule has 2 heterocycles. The summed E-state index contributed by atoms with van der Waals surface area (Å²) >= 11 is 0. The number of imidazole rings is 1. The summed E-state index contributed by atoms with van der Waals surface area (Å²) in [5.74, 6) is 1.24. The fourth-order valence-electron chi connectivity index (χ4n) is 3.60. The van der Waals surface area contributed by atoms with Gasteiger partial charge in [0, 0.05) is 36.8 Å². The number of para-hydroxylation sites is 2. The van der Waals surface area contributed by atoms with E-state index in [-0.39, 0.29) is 11.8 Å². The summed E-state index contributed by atoms with van der Waals surface area (Å²) in [6.45, 7) is 3.47. The highest BCUT2D eigenvalue weighted by Gasteiger charge is 2.24. The molecule has 2 N–H and O–H groups in total. The standard InChI is InChI=1S/C21H22N4O/c1-15-23-14-18(25(15)17-7-3-2-4-8-17)13-22-12-16-11-21(26)24-20-10-6-5-9-19(16)20/h2-10,14,16,22H,11-13H2,1H3,(H,24,26)/t16-/m0/s1. The zero-order valence-electron chi connectivity index (χ0n) is 14.8. The second-order valence-electron chi connectivity index (χ2n) is 6.64. The van der Waals surface area contributed by atoms with Crippen LogP contribution in [-0.4, -0.2) is 22.0 Å². The Bertz CT molecular complexity index is 917. The van der Waals surface area contributed by atoms with Gasteiger partial charge in [0.05, 0.1) is 11.9 Å². The van der Waals surface area contributed by atoms with Gasteiger partial charge in [0.25, 0.3) is 0 Å². The van der Waals surface area contributed by atoms with Gasteiger partial charge in [-0.3, -0.25) is 9.36 Å². The van der Waals surface area contributed by atoms with Gasteiger partial charge in [-0.15, -0.1) is 0 Å². The third-order valence-corrected chi connectivity index (χ3v) is 4.83. The monoisotopic (exact) mass is 346 g/mol. The predicted octanol–water partition coefficient (Wildman–Crippen LogP) is 3.40. The summed E-state index contributed by atoms with van der Waals surface area (Å²) in [5, 5.41) is 6.47. The number of nitrogens with zero attached hydrogens (tertiary/aromatic N) is 2. The summed E-state index contributed by atoms with van der Waals surface area (Å²) in [6, 6.07) is 18.3. The quantitative estimate of drug-likeness (QED) is 0.744. The molecule has 0 fully saturated rings. The van der Waals surface area contributed by atoms with Gasteiger partial charge in [0.15, 0.2) is 0 Å². The van der Waals surface area contributed by atoms with E-state index in [0.717, 1.165) is 29.4 Å². The lowest BCUT2D eigenvalue weighted by molar-refractivity contribution is -0.116. The molecule has 3 aromatic rings. The molecule has 0 saturated heterocycles. The minimum absolute atomic E-state index is 0.0840. The molecule has 1 amide bonds. The first-order valence-electron chi connectivity index (χ1n) is 8.90. The Labute approximate surface area is 153 Å². The van der Waals surface area contributed by atoms with Crippen molar-refractivity contribution in [2.45, 2.75) is 25.8 Å². The third-order valence-electron chi connectivity index (χ3n) is 4.83. The van der Waals surface area contributed by atoms with Crippen LogP contribution in [0.2, 0.25) is 0 Å². The normalized spacial score (nSPS) is 16.2. The predicted molar refractivity (Wildman–Crippen MR) is 102 cm³/mol. The molecule has 0 saturated carbocycles.